The molecule has 0 aliphatic heterocycles. The fourth-order valence-electron chi connectivity index (χ4n) is 0.735. The molecule has 0 aromatic carbocycles. The van der Waals surface area contributed by atoms with Crippen molar-refractivity contribution in [1.29, 1.82) is 0 Å². The van der Waals surface area contributed by atoms with Gasteiger partial charge in [-0.2, -0.15) is 5.10 Å². The van der Waals surface area contributed by atoms with Gasteiger partial charge < -0.3 is 10.8 Å². The first-order chi connectivity index (χ1) is 4.83. The number of hydrogen-bond acceptors (Lipinski definition) is 3. The predicted octanol–water partition coefficient (Wildman–Crippen LogP) is 0.269. The number of aromatic nitrogens is 2. The lowest BCUT2D eigenvalue weighted by Crippen LogP contribution is -1.99. The zero-order valence-electron chi connectivity index (χ0n) is 6.10. The van der Waals surface area contributed by atoms with Gasteiger partial charge in [-0.25, -0.2) is 0 Å². The third-order valence-electron chi connectivity index (χ3n) is 1.20. The standard InChI is InChI=1S/C6H11N3O.ClH/c7-6-4-8-9(5-6)2-1-3-10;/h4-5,10H,1-3,7H2;1H. The third kappa shape index (κ3) is 3.25. The van der Waals surface area contributed by atoms with E-state index in [-0.39, 0.29) is 19.0 Å². The van der Waals surface area contributed by atoms with E-state index in [0.717, 1.165) is 13.0 Å². The lowest BCUT2D eigenvalue weighted by Gasteiger charge is -1.95. The highest BCUT2D eigenvalue weighted by Crippen LogP contribution is 1.97. The molecule has 1 aromatic rings. The molecule has 1 rings (SSSR count). The summed E-state index contributed by atoms with van der Waals surface area (Å²) in [5, 5.41) is 12.4. The second-order valence-corrected chi connectivity index (χ2v) is 2.11. The molecule has 0 aliphatic rings. The Morgan fingerprint density at radius 1 is 1.64 bits per heavy atom. The lowest BCUT2D eigenvalue weighted by atomic mass is 10.4. The lowest BCUT2D eigenvalue weighted by molar-refractivity contribution is 0.277. The van der Waals surface area contributed by atoms with Crippen molar-refractivity contribution in [2.75, 3.05) is 12.3 Å². The van der Waals surface area contributed by atoms with Gasteiger partial charge >= 0.3 is 0 Å². The minimum Gasteiger partial charge on any atom is -0.396 e. The fourth-order valence-corrected chi connectivity index (χ4v) is 0.735. The van der Waals surface area contributed by atoms with Crippen LogP contribution in [-0.4, -0.2) is 21.5 Å². The minimum atomic E-state index is 0. The summed E-state index contributed by atoms with van der Waals surface area (Å²) in [4.78, 5) is 0. The second-order valence-electron chi connectivity index (χ2n) is 2.11. The Bertz CT molecular complexity index is 201. The van der Waals surface area contributed by atoms with E-state index in [0.29, 0.717) is 5.69 Å². The summed E-state index contributed by atoms with van der Waals surface area (Å²) in [7, 11) is 0. The Kier molecular flexibility index (Phi) is 4.65. The molecule has 0 amide bonds. The molecular weight excluding hydrogens is 166 g/mol. The molecule has 1 heterocycles. The van der Waals surface area contributed by atoms with E-state index >= 15 is 0 Å². The summed E-state index contributed by atoms with van der Waals surface area (Å²) in [6.45, 7) is 0.924. The highest BCUT2D eigenvalue weighted by molar-refractivity contribution is 5.85. The first-order valence-corrected chi connectivity index (χ1v) is 3.21. The van der Waals surface area contributed by atoms with Crippen LogP contribution >= 0.6 is 12.4 Å². The van der Waals surface area contributed by atoms with E-state index in [4.69, 9.17) is 10.8 Å². The molecule has 4 nitrogen and oxygen atoms in total. The van der Waals surface area contributed by atoms with E-state index in [1.807, 2.05) is 0 Å². The largest absolute Gasteiger partial charge is 0.396 e. The van der Waals surface area contributed by atoms with Gasteiger partial charge in [-0.15, -0.1) is 12.4 Å². The van der Waals surface area contributed by atoms with Gasteiger partial charge in [0.15, 0.2) is 0 Å². The summed E-state index contributed by atoms with van der Waals surface area (Å²) < 4.78 is 1.71. The SMILES string of the molecule is Cl.Nc1cnn(CCCO)c1. The van der Waals surface area contributed by atoms with Crippen LogP contribution in [0, 0.1) is 0 Å². The number of nitrogens with zero attached hydrogens (tertiary/aromatic N) is 2. The van der Waals surface area contributed by atoms with Crippen LogP contribution in [0.5, 0.6) is 0 Å². The van der Waals surface area contributed by atoms with Gasteiger partial charge in [-0.3, -0.25) is 4.68 Å². The zero-order valence-corrected chi connectivity index (χ0v) is 6.92. The predicted molar refractivity (Wildman–Crippen MR) is 45.6 cm³/mol. The Hall–Kier alpha value is -0.740. The maximum Gasteiger partial charge on any atom is 0.0719 e. The van der Waals surface area contributed by atoms with Gasteiger partial charge in [-0.05, 0) is 6.42 Å². The van der Waals surface area contributed by atoms with E-state index < -0.39 is 0 Å². The molecule has 0 saturated carbocycles. The Labute approximate surface area is 71.4 Å². The van der Waals surface area contributed by atoms with Crippen molar-refractivity contribution in [3.8, 4) is 0 Å². The summed E-state index contributed by atoms with van der Waals surface area (Å²) in [6.07, 6.45) is 4.06. The summed E-state index contributed by atoms with van der Waals surface area (Å²) in [5.74, 6) is 0. The van der Waals surface area contributed by atoms with E-state index in [2.05, 4.69) is 5.10 Å². The van der Waals surface area contributed by atoms with Crippen LogP contribution in [0.1, 0.15) is 6.42 Å². The molecular formula is C6H12ClN3O. The summed E-state index contributed by atoms with van der Waals surface area (Å²) in [6, 6.07) is 0. The highest BCUT2D eigenvalue weighted by atomic mass is 35.5. The van der Waals surface area contributed by atoms with Crippen LogP contribution in [0.2, 0.25) is 0 Å². The molecule has 3 N–H and O–H groups in total. The van der Waals surface area contributed by atoms with Gasteiger partial charge in [0.1, 0.15) is 0 Å². The van der Waals surface area contributed by atoms with Crippen molar-refractivity contribution >= 4 is 18.1 Å². The van der Waals surface area contributed by atoms with Crippen LogP contribution < -0.4 is 5.73 Å². The summed E-state index contributed by atoms with van der Waals surface area (Å²) in [5.41, 5.74) is 6.07. The highest BCUT2D eigenvalue weighted by Gasteiger charge is 1.91. The van der Waals surface area contributed by atoms with Crippen molar-refractivity contribution in [2.45, 2.75) is 13.0 Å². The Morgan fingerprint density at radius 3 is 2.82 bits per heavy atom. The quantitative estimate of drug-likeness (QED) is 0.697. The molecule has 0 bridgehead atoms. The first-order valence-electron chi connectivity index (χ1n) is 3.21. The van der Waals surface area contributed by atoms with Crippen LogP contribution in [0.4, 0.5) is 5.69 Å². The minimum absolute atomic E-state index is 0. The zero-order chi connectivity index (χ0) is 7.40. The molecule has 5 heteroatoms. The van der Waals surface area contributed by atoms with Crippen LogP contribution in [0.25, 0.3) is 0 Å². The molecule has 1 aromatic heterocycles. The number of anilines is 1. The van der Waals surface area contributed by atoms with Gasteiger partial charge in [0.2, 0.25) is 0 Å². The monoisotopic (exact) mass is 177 g/mol. The van der Waals surface area contributed by atoms with Crippen LogP contribution in [0.15, 0.2) is 12.4 Å². The number of aryl methyl sites for hydroxylation is 1. The van der Waals surface area contributed by atoms with Crippen LogP contribution in [0.3, 0.4) is 0 Å². The number of halogens is 1. The maximum atomic E-state index is 8.46. The van der Waals surface area contributed by atoms with Crippen molar-refractivity contribution in [3.05, 3.63) is 12.4 Å². The second kappa shape index (κ2) is 4.98. The molecule has 0 radical (unpaired) electrons. The number of aliphatic hydroxyl groups excluding tert-OH is 1. The topological polar surface area (TPSA) is 64.1 Å². The van der Waals surface area contributed by atoms with Gasteiger partial charge in [0, 0.05) is 19.3 Å². The van der Waals surface area contributed by atoms with Crippen molar-refractivity contribution < 1.29 is 5.11 Å². The molecule has 11 heavy (non-hydrogen) atoms. The van der Waals surface area contributed by atoms with Crippen molar-refractivity contribution in [3.63, 3.8) is 0 Å². The number of aliphatic hydroxyl groups is 1. The van der Waals surface area contributed by atoms with E-state index in [1.165, 1.54) is 0 Å². The van der Waals surface area contributed by atoms with E-state index in [9.17, 15) is 0 Å². The Balaban J connectivity index is 0.000001000. The number of nitrogens with two attached hydrogens (primary N) is 1. The number of hydrogen-bond donors (Lipinski definition) is 2. The molecule has 0 spiro atoms. The average molecular weight is 178 g/mol. The molecule has 64 valence electrons. The molecule has 0 atom stereocenters. The van der Waals surface area contributed by atoms with Gasteiger partial charge in [0.25, 0.3) is 0 Å². The summed E-state index contributed by atoms with van der Waals surface area (Å²) >= 11 is 0. The molecule has 0 saturated heterocycles. The molecule has 0 unspecified atom stereocenters. The third-order valence-corrected chi connectivity index (χ3v) is 1.20. The van der Waals surface area contributed by atoms with Gasteiger partial charge in [-0.1, -0.05) is 0 Å². The smallest absolute Gasteiger partial charge is 0.0719 e. The van der Waals surface area contributed by atoms with E-state index in [1.54, 1.807) is 17.1 Å². The number of rotatable bonds is 3. The van der Waals surface area contributed by atoms with Crippen LogP contribution in [-0.2, 0) is 6.54 Å². The van der Waals surface area contributed by atoms with Crippen molar-refractivity contribution in [1.82, 2.24) is 9.78 Å². The molecule has 0 aliphatic carbocycles. The average Bonchev–Trinajstić information content (AvgIpc) is 2.31. The van der Waals surface area contributed by atoms with Gasteiger partial charge in [0.05, 0.1) is 11.9 Å². The van der Waals surface area contributed by atoms with Crippen molar-refractivity contribution in [2.24, 2.45) is 0 Å². The fraction of sp³-hybridized carbons (Fsp3) is 0.500. The number of nitrogen functional groups attached to an aromatic ring is 1. The Morgan fingerprint density at radius 2 is 2.36 bits per heavy atom. The maximum absolute atomic E-state index is 8.46. The first kappa shape index (κ1) is 10.3. The normalized spacial score (nSPS) is 9.18. The molecule has 0 fully saturated rings.